The topological polar surface area (TPSA) is 108 Å². The fourth-order valence-corrected chi connectivity index (χ4v) is 1.65. The van der Waals surface area contributed by atoms with Gasteiger partial charge >= 0.3 is 0 Å². The third-order valence-corrected chi connectivity index (χ3v) is 2.73. The van der Waals surface area contributed by atoms with Gasteiger partial charge in [-0.15, -0.1) is 0 Å². The van der Waals surface area contributed by atoms with E-state index >= 15 is 0 Å². The number of carbonyl (C=O) groups excluding carboxylic acids is 1. The number of aromatic amines is 1. The van der Waals surface area contributed by atoms with Gasteiger partial charge in [0.05, 0.1) is 11.8 Å². The molecule has 0 unspecified atom stereocenters. The lowest BCUT2D eigenvalue weighted by Crippen LogP contribution is -2.35. The van der Waals surface area contributed by atoms with Crippen LogP contribution in [0.5, 0.6) is 0 Å². The summed E-state index contributed by atoms with van der Waals surface area (Å²) in [5.74, 6) is 0.0719. The zero-order chi connectivity index (χ0) is 12.3. The van der Waals surface area contributed by atoms with Crippen molar-refractivity contribution in [2.75, 3.05) is 6.54 Å². The summed E-state index contributed by atoms with van der Waals surface area (Å²) in [6.07, 6.45) is 5.47. The summed E-state index contributed by atoms with van der Waals surface area (Å²) in [5, 5.41) is 17.7. The van der Waals surface area contributed by atoms with Crippen molar-refractivity contribution in [3.8, 4) is 0 Å². The van der Waals surface area contributed by atoms with Crippen molar-refractivity contribution >= 4 is 11.7 Å². The van der Waals surface area contributed by atoms with Crippen LogP contribution in [0.4, 0.5) is 0 Å². The number of aromatic nitrogens is 2. The summed E-state index contributed by atoms with van der Waals surface area (Å²) in [5.41, 5.74) is 5.94. The quantitative estimate of drug-likeness (QED) is 0.293. The molecule has 0 aliphatic heterocycles. The largest absolute Gasteiger partial charge is 0.409 e. The average molecular weight is 237 g/mol. The van der Waals surface area contributed by atoms with E-state index in [4.69, 9.17) is 10.9 Å². The van der Waals surface area contributed by atoms with E-state index in [1.165, 1.54) is 6.20 Å². The van der Waals surface area contributed by atoms with E-state index in [2.05, 4.69) is 15.4 Å². The van der Waals surface area contributed by atoms with E-state index in [9.17, 15) is 4.79 Å². The molecule has 1 aliphatic rings. The van der Waals surface area contributed by atoms with Crippen LogP contribution in [-0.4, -0.2) is 44.6 Å². The van der Waals surface area contributed by atoms with E-state index in [1.54, 1.807) is 11.1 Å². The number of amidine groups is 1. The first kappa shape index (κ1) is 11.4. The van der Waals surface area contributed by atoms with Gasteiger partial charge in [-0.05, 0) is 12.8 Å². The van der Waals surface area contributed by atoms with Crippen molar-refractivity contribution in [2.24, 2.45) is 10.9 Å². The van der Waals surface area contributed by atoms with E-state index in [1.807, 2.05) is 0 Å². The van der Waals surface area contributed by atoms with Crippen LogP contribution in [0.3, 0.4) is 0 Å². The summed E-state index contributed by atoms with van der Waals surface area (Å²) >= 11 is 0. The predicted octanol–water partition coefficient (Wildman–Crippen LogP) is 0.151. The second-order valence-corrected chi connectivity index (χ2v) is 4.06. The van der Waals surface area contributed by atoms with Gasteiger partial charge in [0, 0.05) is 25.2 Å². The van der Waals surface area contributed by atoms with Crippen LogP contribution in [0.25, 0.3) is 0 Å². The molecule has 1 aromatic rings. The molecule has 0 radical (unpaired) electrons. The molecule has 0 spiro atoms. The van der Waals surface area contributed by atoms with Crippen LogP contribution in [0.15, 0.2) is 17.5 Å². The molecule has 92 valence electrons. The molecule has 0 atom stereocenters. The van der Waals surface area contributed by atoms with E-state index in [0.29, 0.717) is 18.5 Å². The van der Waals surface area contributed by atoms with Gasteiger partial charge in [0.1, 0.15) is 5.84 Å². The number of hydrogen-bond acceptors (Lipinski definition) is 4. The molecule has 7 heteroatoms. The fraction of sp³-hybridized carbons (Fsp3) is 0.500. The SMILES string of the molecule is NC(CCN(C(=O)c1cn[nH]c1)C1CC1)=NO. The van der Waals surface area contributed by atoms with Crippen molar-refractivity contribution in [1.29, 1.82) is 0 Å². The number of rotatable bonds is 5. The Hall–Kier alpha value is -2.05. The average Bonchev–Trinajstić information content (AvgIpc) is 3.02. The van der Waals surface area contributed by atoms with Gasteiger partial charge in [-0.25, -0.2) is 0 Å². The number of H-pyrrole nitrogens is 1. The third-order valence-electron chi connectivity index (χ3n) is 2.73. The number of nitrogens with zero attached hydrogens (tertiary/aromatic N) is 3. The highest BCUT2D eigenvalue weighted by molar-refractivity contribution is 5.94. The summed E-state index contributed by atoms with van der Waals surface area (Å²) in [6.45, 7) is 0.463. The molecule has 0 bridgehead atoms. The van der Waals surface area contributed by atoms with Crippen LogP contribution >= 0.6 is 0 Å². The molecule has 4 N–H and O–H groups in total. The third kappa shape index (κ3) is 2.74. The van der Waals surface area contributed by atoms with Crippen molar-refractivity contribution in [2.45, 2.75) is 25.3 Å². The number of amides is 1. The number of nitrogens with one attached hydrogen (secondary N) is 1. The highest BCUT2D eigenvalue weighted by atomic mass is 16.4. The molecule has 1 heterocycles. The molecule has 1 aromatic heterocycles. The molecule has 1 aliphatic carbocycles. The van der Waals surface area contributed by atoms with E-state index in [0.717, 1.165) is 12.8 Å². The summed E-state index contributed by atoms with van der Waals surface area (Å²) in [6, 6.07) is 0.281. The molecule has 1 amide bonds. The Morgan fingerprint density at radius 1 is 1.71 bits per heavy atom. The van der Waals surface area contributed by atoms with Gasteiger partial charge in [-0.1, -0.05) is 5.16 Å². The van der Waals surface area contributed by atoms with Gasteiger partial charge in [-0.2, -0.15) is 5.10 Å². The molecule has 1 fully saturated rings. The smallest absolute Gasteiger partial charge is 0.257 e. The first-order valence-electron chi connectivity index (χ1n) is 5.48. The minimum absolute atomic E-state index is 0.0630. The van der Waals surface area contributed by atoms with Crippen molar-refractivity contribution in [3.63, 3.8) is 0 Å². The van der Waals surface area contributed by atoms with Crippen molar-refractivity contribution < 1.29 is 10.0 Å². The second kappa shape index (κ2) is 4.86. The maximum atomic E-state index is 12.1. The Bertz CT molecular complexity index is 410. The minimum atomic E-state index is -0.0630. The van der Waals surface area contributed by atoms with Gasteiger partial charge in [-0.3, -0.25) is 9.89 Å². The normalized spacial score (nSPS) is 15.9. The summed E-state index contributed by atoms with van der Waals surface area (Å²) in [4.78, 5) is 13.9. The van der Waals surface area contributed by atoms with Crippen LogP contribution in [0, 0.1) is 0 Å². The zero-order valence-corrected chi connectivity index (χ0v) is 9.33. The Balaban J connectivity index is 2.00. The highest BCUT2D eigenvalue weighted by Gasteiger charge is 2.33. The first-order chi connectivity index (χ1) is 8.22. The number of nitrogens with two attached hydrogens (primary N) is 1. The maximum absolute atomic E-state index is 12.1. The number of hydrogen-bond donors (Lipinski definition) is 3. The van der Waals surface area contributed by atoms with E-state index < -0.39 is 0 Å². The molecule has 2 rings (SSSR count). The Morgan fingerprint density at radius 2 is 2.47 bits per heavy atom. The van der Waals surface area contributed by atoms with Crippen LogP contribution < -0.4 is 5.73 Å². The van der Waals surface area contributed by atoms with Crippen LogP contribution in [0.1, 0.15) is 29.6 Å². The molecule has 0 aromatic carbocycles. The number of oxime groups is 1. The Labute approximate surface area is 98.3 Å². The summed E-state index contributed by atoms with van der Waals surface area (Å²) in [7, 11) is 0. The lowest BCUT2D eigenvalue weighted by atomic mass is 10.2. The van der Waals surface area contributed by atoms with Crippen LogP contribution in [0.2, 0.25) is 0 Å². The molecular weight excluding hydrogens is 222 g/mol. The molecule has 0 saturated heterocycles. The summed E-state index contributed by atoms with van der Waals surface area (Å²) < 4.78 is 0. The minimum Gasteiger partial charge on any atom is -0.409 e. The molecule has 1 saturated carbocycles. The zero-order valence-electron chi connectivity index (χ0n) is 9.33. The molecule has 7 nitrogen and oxygen atoms in total. The lowest BCUT2D eigenvalue weighted by molar-refractivity contribution is 0.0747. The molecular formula is C10H15N5O2. The van der Waals surface area contributed by atoms with Crippen molar-refractivity contribution in [1.82, 2.24) is 15.1 Å². The van der Waals surface area contributed by atoms with Gasteiger partial charge in [0.2, 0.25) is 0 Å². The monoisotopic (exact) mass is 237 g/mol. The first-order valence-corrected chi connectivity index (χ1v) is 5.48. The second-order valence-electron chi connectivity index (χ2n) is 4.06. The van der Waals surface area contributed by atoms with Gasteiger partial charge in [0.25, 0.3) is 5.91 Å². The van der Waals surface area contributed by atoms with Crippen molar-refractivity contribution in [3.05, 3.63) is 18.0 Å². The fourth-order valence-electron chi connectivity index (χ4n) is 1.65. The number of carbonyl (C=O) groups is 1. The Kier molecular flexibility index (Phi) is 3.27. The molecule has 17 heavy (non-hydrogen) atoms. The van der Waals surface area contributed by atoms with Crippen LogP contribution in [-0.2, 0) is 0 Å². The lowest BCUT2D eigenvalue weighted by Gasteiger charge is -2.21. The van der Waals surface area contributed by atoms with Gasteiger partial charge in [0.15, 0.2) is 0 Å². The highest BCUT2D eigenvalue weighted by Crippen LogP contribution is 2.28. The maximum Gasteiger partial charge on any atom is 0.257 e. The van der Waals surface area contributed by atoms with Gasteiger partial charge < -0.3 is 15.8 Å². The predicted molar refractivity (Wildman–Crippen MR) is 60.7 cm³/mol. The van der Waals surface area contributed by atoms with E-state index in [-0.39, 0.29) is 17.8 Å². The Morgan fingerprint density at radius 3 is 3.00 bits per heavy atom. The standard InChI is InChI=1S/C10H15N5O2/c11-9(14-17)3-4-15(8-1-2-8)10(16)7-5-12-13-6-7/h5-6,8,17H,1-4H2,(H2,11,14)(H,12,13).